The summed E-state index contributed by atoms with van der Waals surface area (Å²) in [5.41, 5.74) is 3.05. The second-order valence-corrected chi connectivity index (χ2v) is 8.90. The average Bonchev–Trinajstić information content (AvgIpc) is 3.23. The number of amides is 2. The maximum absolute atomic E-state index is 12.5. The number of anilines is 1. The van der Waals surface area contributed by atoms with Crippen molar-refractivity contribution in [3.8, 4) is 0 Å². The van der Waals surface area contributed by atoms with Crippen molar-refractivity contribution in [1.82, 2.24) is 4.90 Å². The number of rotatable bonds is 6. The fourth-order valence-electron chi connectivity index (χ4n) is 2.69. The van der Waals surface area contributed by atoms with Crippen molar-refractivity contribution in [2.45, 2.75) is 26.7 Å². The molecule has 2 aromatic rings. The van der Waals surface area contributed by atoms with Crippen LogP contribution in [0.2, 0.25) is 0 Å². The third kappa shape index (κ3) is 4.86. The number of hydrogen-bond acceptors (Lipinski definition) is 5. The molecular weight excluding hydrogens is 396 g/mol. The maximum atomic E-state index is 12.5. The summed E-state index contributed by atoms with van der Waals surface area (Å²) in [6.07, 6.45) is 2.78. The van der Waals surface area contributed by atoms with Gasteiger partial charge in [-0.05, 0) is 55.0 Å². The normalized spacial score (nSPS) is 15.6. The number of nitrogens with zero attached hydrogens (tertiary/aromatic N) is 1. The standard InChI is InChI=1S/C20H20N2O2S3/c1-13-6-3-8-16(14(13)2)21-18(23)9-4-10-22-19(24)17(27-20(22)25)12-15-7-5-11-26-15/h3,5-8,11-12H,4,9-10H2,1-2H3,(H,21,23). The molecule has 2 amide bonds. The molecule has 0 spiro atoms. The number of carbonyl (C=O) groups excluding carboxylic acids is 2. The van der Waals surface area contributed by atoms with Crippen molar-refractivity contribution >= 4 is 63.2 Å². The van der Waals surface area contributed by atoms with E-state index >= 15 is 0 Å². The summed E-state index contributed by atoms with van der Waals surface area (Å²) >= 11 is 8.24. The summed E-state index contributed by atoms with van der Waals surface area (Å²) in [4.78, 5) is 28.0. The molecule has 0 radical (unpaired) electrons. The van der Waals surface area contributed by atoms with Crippen LogP contribution in [0.1, 0.15) is 28.8 Å². The Morgan fingerprint density at radius 3 is 2.81 bits per heavy atom. The van der Waals surface area contributed by atoms with Crippen LogP contribution in [0.5, 0.6) is 0 Å². The van der Waals surface area contributed by atoms with Gasteiger partial charge in [0.25, 0.3) is 5.91 Å². The molecule has 1 saturated heterocycles. The minimum Gasteiger partial charge on any atom is -0.326 e. The zero-order valence-corrected chi connectivity index (χ0v) is 17.6. The van der Waals surface area contributed by atoms with Crippen LogP contribution in [-0.4, -0.2) is 27.6 Å². The van der Waals surface area contributed by atoms with Crippen molar-refractivity contribution in [1.29, 1.82) is 0 Å². The van der Waals surface area contributed by atoms with E-state index in [-0.39, 0.29) is 11.8 Å². The molecule has 1 fully saturated rings. The summed E-state index contributed by atoms with van der Waals surface area (Å²) in [5, 5.41) is 4.92. The van der Waals surface area contributed by atoms with Crippen LogP contribution in [-0.2, 0) is 9.59 Å². The van der Waals surface area contributed by atoms with E-state index in [1.54, 1.807) is 16.2 Å². The lowest BCUT2D eigenvalue weighted by Crippen LogP contribution is -2.29. The second kappa shape index (κ2) is 8.82. The van der Waals surface area contributed by atoms with Crippen LogP contribution < -0.4 is 5.32 Å². The van der Waals surface area contributed by atoms with Gasteiger partial charge in [-0.1, -0.05) is 42.2 Å². The van der Waals surface area contributed by atoms with E-state index in [4.69, 9.17) is 12.2 Å². The second-order valence-electron chi connectivity index (χ2n) is 6.25. The van der Waals surface area contributed by atoms with Gasteiger partial charge in [-0.3, -0.25) is 14.5 Å². The first-order valence-corrected chi connectivity index (χ1v) is 10.7. The lowest BCUT2D eigenvalue weighted by molar-refractivity contribution is -0.122. The summed E-state index contributed by atoms with van der Waals surface area (Å²) in [5.74, 6) is -0.128. The van der Waals surface area contributed by atoms with Crippen molar-refractivity contribution in [2.24, 2.45) is 0 Å². The molecule has 0 atom stereocenters. The number of thioether (sulfide) groups is 1. The van der Waals surface area contributed by atoms with Crippen molar-refractivity contribution in [3.05, 3.63) is 56.6 Å². The van der Waals surface area contributed by atoms with E-state index in [0.717, 1.165) is 21.7 Å². The van der Waals surface area contributed by atoms with Crippen LogP contribution in [0.4, 0.5) is 5.69 Å². The third-order valence-electron chi connectivity index (χ3n) is 4.35. The molecule has 1 N–H and O–H groups in total. The highest BCUT2D eigenvalue weighted by Crippen LogP contribution is 2.33. The Hall–Kier alpha value is -1.96. The third-order valence-corrected chi connectivity index (χ3v) is 6.55. The van der Waals surface area contributed by atoms with Crippen molar-refractivity contribution < 1.29 is 9.59 Å². The first-order valence-electron chi connectivity index (χ1n) is 8.60. The fourth-order valence-corrected chi connectivity index (χ4v) is 4.72. The minimum absolute atomic E-state index is 0.0525. The molecule has 7 heteroatoms. The Labute approximate surface area is 172 Å². The van der Waals surface area contributed by atoms with Gasteiger partial charge in [-0.2, -0.15) is 0 Å². The van der Waals surface area contributed by atoms with Gasteiger partial charge in [0.15, 0.2) is 0 Å². The van der Waals surface area contributed by atoms with Crippen LogP contribution >= 0.6 is 35.3 Å². The quantitative estimate of drug-likeness (QED) is 0.533. The van der Waals surface area contributed by atoms with Gasteiger partial charge in [-0.25, -0.2) is 0 Å². The number of hydrogen-bond donors (Lipinski definition) is 1. The number of thiocarbonyl (C=S) groups is 1. The van der Waals surface area contributed by atoms with Crippen molar-refractivity contribution in [3.63, 3.8) is 0 Å². The number of carbonyl (C=O) groups is 2. The molecule has 4 nitrogen and oxygen atoms in total. The van der Waals surface area contributed by atoms with Gasteiger partial charge < -0.3 is 5.32 Å². The van der Waals surface area contributed by atoms with Crippen LogP contribution in [0.25, 0.3) is 6.08 Å². The topological polar surface area (TPSA) is 49.4 Å². The van der Waals surface area contributed by atoms with E-state index in [1.165, 1.54) is 11.8 Å². The summed E-state index contributed by atoms with van der Waals surface area (Å²) < 4.78 is 0.553. The van der Waals surface area contributed by atoms with E-state index in [2.05, 4.69) is 5.32 Å². The minimum atomic E-state index is -0.0756. The predicted octanol–water partition coefficient (Wildman–Crippen LogP) is 4.99. The molecule has 1 aliphatic rings. The summed E-state index contributed by atoms with van der Waals surface area (Å²) in [6.45, 7) is 4.46. The highest BCUT2D eigenvalue weighted by Gasteiger charge is 2.31. The zero-order valence-electron chi connectivity index (χ0n) is 15.2. The fraction of sp³-hybridized carbons (Fsp3) is 0.250. The Morgan fingerprint density at radius 1 is 1.26 bits per heavy atom. The molecule has 2 heterocycles. The molecule has 1 aliphatic heterocycles. The van der Waals surface area contributed by atoms with E-state index in [0.29, 0.717) is 28.6 Å². The molecule has 0 bridgehead atoms. The molecule has 0 unspecified atom stereocenters. The molecule has 3 rings (SSSR count). The number of benzene rings is 1. The van der Waals surface area contributed by atoms with E-state index in [9.17, 15) is 9.59 Å². The SMILES string of the molecule is Cc1cccc(NC(=O)CCCN2C(=O)C(=Cc3cccs3)SC2=S)c1C. The molecule has 1 aromatic carbocycles. The average molecular weight is 417 g/mol. The lowest BCUT2D eigenvalue weighted by atomic mass is 10.1. The first-order chi connectivity index (χ1) is 13.0. The molecule has 140 valence electrons. The van der Waals surface area contributed by atoms with Gasteiger partial charge in [0.05, 0.1) is 4.91 Å². The number of nitrogens with one attached hydrogen (secondary N) is 1. The zero-order chi connectivity index (χ0) is 19.4. The largest absolute Gasteiger partial charge is 0.326 e. The Bertz CT molecular complexity index is 904. The molecule has 0 aliphatic carbocycles. The highest BCUT2D eigenvalue weighted by atomic mass is 32.2. The number of aryl methyl sites for hydroxylation is 1. The first kappa shape index (κ1) is 19.8. The van der Waals surface area contributed by atoms with E-state index in [1.807, 2.05) is 55.6 Å². The number of thiophene rings is 1. The van der Waals surface area contributed by atoms with Gasteiger partial charge in [0.1, 0.15) is 4.32 Å². The Morgan fingerprint density at radius 2 is 2.07 bits per heavy atom. The van der Waals surface area contributed by atoms with Gasteiger partial charge in [-0.15, -0.1) is 11.3 Å². The molecule has 27 heavy (non-hydrogen) atoms. The smallest absolute Gasteiger partial charge is 0.266 e. The van der Waals surface area contributed by atoms with Crippen molar-refractivity contribution in [2.75, 3.05) is 11.9 Å². The predicted molar refractivity (Wildman–Crippen MR) is 118 cm³/mol. The van der Waals surface area contributed by atoms with Crippen LogP contribution in [0.15, 0.2) is 40.6 Å². The summed E-state index contributed by atoms with van der Waals surface area (Å²) in [7, 11) is 0. The van der Waals surface area contributed by atoms with Gasteiger partial charge >= 0.3 is 0 Å². The monoisotopic (exact) mass is 416 g/mol. The Balaban J connectivity index is 1.52. The van der Waals surface area contributed by atoms with Crippen LogP contribution in [0, 0.1) is 13.8 Å². The maximum Gasteiger partial charge on any atom is 0.266 e. The van der Waals surface area contributed by atoms with Gasteiger partial charge in [0, 0.05) is 23.5 Å². The lowest BCUT2D eigenvalue weighted by Gasteiger charge is -2.14. The van der Waals surface area contributed by atoms with Crippen LogP contribution in [0.3, 0.4) is 0 Å². The Kier molecular flexibility index (Phi) is 6.46. The summed E-state index contributed by atoms with van der Waals surface area (Å²) in [6, 6.07) is 9.76. The van der Waals surface area contributed by atoms with E-state index < -0.39 is 0 Å². The molecular formula is C20H20N2O2S3. The van der Waals surface area contributed by atoms with Gasteiger partial charge in [0.2, 0.25) is 5.91 Å². The molecule has 0 saturated carbocycles. The molecule has 1 aromatic heterocycles. The highest BCUT2D eigenvalue weighted by molar-refractivity contribution is 8.26.